The summed E-state index contributed by atoms with van der Waals surface area (Å²) in [6.07, 6.45) is 4.36. The van der Waals surface area contributed by atoms with Gasteiger partial charge in [-0.25, -0.2) is 15.0 Å². The van der Waals surface area contributed by atoms with Crippen molar-refractivity contribution >= 4 is 17.3 Å². The molecule has 1 N–H and O–H groups in total. The average Bonchev–Trinajstić information content (AvgIpc) is 2.99. The molecule has 1 aliphatic rings. The number of hydrogen-bond donors (Lipinski definition) is 1. The van der Waals surface area contributed by atoms with Crippen LogP contribution in [0.4, 0.5) is 11.4 Å². The lowest BCUT2D eigenvalue weighted by atomic mass is 10.0. The first-order valence-corrected chi connectivity index (χ1v) is 14.3. The van der Waals surface area contributed by atoms with Crippen LogP contribution in [-0.4, -0.2) is 59.0 Å². The molecule has 8 heteroatoms. The van der Waals surface area contributed by atoms with Crippen molar-refractivity contribution in [3.05, 3.63) is 89.5 Å². The lowest BCUT2D eigenvalue weighted by Gasteiger charge is -2.34. The number of anilines is 2. The Balaban J connectivity index is 1.45. The molecular weight excluding hydrogens is 512 g/mol. The second-order valence-corrected chi connectivity index (χ2v) is 10.9. The number of aromatic nitrogens is 3. The van der Waals surface area contributed by atoms with Gasteiger partial charge in [-0.1, -0.05) is 39.0 Å². The summed E-state index contributed by atoms with van der Waals surface area (Å²) in [6, 6.07) is 17.4. The molecule has 0 spiro atoms. The highest BCUT2D eigenvalue weighted by molar-refractivity contribution is 6.04. The quantitative estimate of drug-likeness (QED) is 0.274. The molecule has 1 amide bonds. The number of nitrogens with zero attached hydrogens (tertiary/aromatic N) is 5. The summed E-state index contributed by atoms with van der Waals surface area (Å²) in [5, 5.41) is 3.02. The Morgan fingerprint density at radius 1 is 1.02 bits per heavy atom. The van der Waals surface area contributed by atoms with E-state index in [1.165, 1.54) is 5.56 Å². The Bertz CT molecular complexity index is 1530. The molecule has 0 radical (unpaired) electrons. The van der Waals surface area contributed by atoms with E-state index in [-0.39, 0.29) is 5.91 Å². The minimum Gasteiger partial charge on any atom is -0.438 e. The zero-order valence-corrected chi connectivity index (χ0v) is 24.5. The summed E-state index contributed by atoms with van der Waals surface area (Å²) in [6.45, 7) is 12.1. The number of likely N-dealkylation sites (N-methyl/N-ethyl adjacent to an activating group) is 1. The molecule has 1 fully saturated rings. The molecule has 5 rings (SSSR count). The van der Waals surface area contributed by atoms with Crippen LogP contribution in [0, 0.1) is 6.92 Å². The molecule has 0 atom stereocenters. The Kier molecular flexibility index (Phi) is 8.59. The summed E-state index contributed by atoms with van der Waals surface area (Å²) in [7, 11) is 2.14. The van der Waals surface area contributed by atoms with Gasteiger partial charge >= 0.3 is 0 Å². The zero-order valence-electron chi connectivity index (χ0n) is 24.5. The first-order chi connectivity index (χ1) is 19.8. The molecule has 4 aromatic rings. The fourth-order valence-electron chi connectivity index (χ4n) is 4.80. The molecule has 0 saturated carbocycles. The molecule has 0 unspecified atom stereocenters. The number of pyridine rings is 1. The molecular formula is C33H38N6O2. The van der Waals surface area contributed by atoms with Gasteiger partial charge in [0.05, 0.1) is 23.1 Å². The van der Waals surface area contributed by atoms with Crippen LogP contribution in [0.2, 0.25) is 0 Å². The molecule has 0 aliphatic carbocycles. The maximum Gasteiger partial charge on any atom is 0.255 e. The van der Waals surface area contributed by atoms with Crippen molar-refractivity contribution in [3.8, 4) is 22.9 Å². The fourth-order valence-corrected chi connectivity index (χ4v) is 4.80. The van der Waals surface area contributed by atoms with E-state index in [1.807, 2.05) is 56.4 Å². The van der Waals surface area contributed by atoms with Crippen LogP contribution >= 0.6 is 0 Å². The van der Waals surface area contributed by atoms with Gasteiger partial charge in [-0.15, -0.1) is 0 Å². The van der Waals surface area contributed by atoms with E-state index in [1.54, 1.807) is 12.3 Å². The van der Waals surface area contributed by atoms with Crippen molar-refractivity contribution < 1.29 is 9.53 Å². The van der Waals surface area contributed by atoms with Crippen LogP contribution in [0.25, 0.3) is 11.3 Å². The number of hydrogen-bond acceptors (Lipinski definition) is 7. The van der Waals surface area contributed by atoms with Gasteiger partial charge in [0.2, 0.25) is 5.88 Å². The van der Waals surface area contributed by atoms with Gasteiger partial charge in [0, 0.05) is 50.0 Å². The third kappa shape index (κ3) is 6.72. The zero-order chi connectivity index (χ0) is 28.9. The standard InChI is InChI=1S/C33H38N6O2/c1-6-31-34-13-12-29(37-31)28-20-27(39-16-14-38(5)15-17-39)21-35-33(28)41-30-19-25(11-10-23(30)4)32(40)36-26-9-7-8-24(18-26)22(2)3/h7-13,18-22H,6,14-17H2,1-5H3,(H,36,40). The van der Waals surface area contributed by atoms with Crippen molar-refractivity contribution in [2.24, 2.45) is 0 Å². The Morgan fingerprint density at radius 3 is 2.59 bits per heavy atom. The summed E-state index contributed by atoms with van der Waals surface area (Å²) in [4.78, 5) is 31.8. The van der Waals surface area contributed by atoms with Crippen LogP contribution in [0.15, 0.2) is 67.0 Å². The highest BCUT2D eigenvalue weighted by Gasteiger charge is 2.20. The normalized spacial score (nSPS) is 13.9. The van der Waals surface area contributed by atoms with Crippen LogP contribution in [-0.2, 0) is 6.42 Å². The number of nitrogens with one attached hydrogen (secondary N) is 1. The highest BCUT2D eigenvalue weighted by atomic mass is 16.5. The van der Waals surface area contributed by atoms with Gasteiger partial charge in [-0.2, -0.15) is 0 Å². The fraction of sp³-hybridized carbons (Fsp3) is 0.333. The monoisotopic (exact) mass is 550 g/mol. The van der Waals surface area contributed by atoms with Crippen LogP contribution in [0.3, 0.4) is 0 Å². The van der Waals surface area contributed by atoms with Gasteiger partial charge in [-0.05, 0) is 67.4 Å². The smallest absolute Gasteiger partial charge is 0.255 e. The largest absolute Gasteiger partial charge is 0.438 e. The predicted molar refractivity (Wildman–Crippen MR) is 164 cm³/mol. The number of benzene rings is 2. The number of aryl methyl sites for hydroxylation is 2. The number of carbonyl (C=O) groups excluding carboxylic acids is 1. The molecule has 2 aromatic heterocycles. The molecule has 2 aromatic carbocycles. The maximum absolute atomic E-state index is 13.2. The van der Waals surface area contributed by atoms with Crippen molar-refractivity contribution in [2.45, 2.75) is 40.0 Å². The molecule has 212 valence electrons. The molecule has 1 saturated heterocycles. The van der Waals surface area contributed by atoms with E-state index in [4.69, 9.17) is 14.7 Å². The van der Waals surface area contributed by atoms with E-state index < -0.39 is 0 Å². The lowest BCUT2D eigenvalue weighted by Crippen LogP contribution is -2.44. The van der Waals surface area contributed by atoms with Crippen molar-refractivity contribution in [1.29, 1.82) is 0 Å². The van der Waals surface area contributed by atoms with Gasteiger partial charge < -0.3 is 19.9 Å². The summed E-state index contributed by atoms with van der Waals surface area (Å²) in [5.41, 5.74) is 5.92. The third-order valence-electron chi connectivity index (χ3n) is 7.47. The molecule has 8 nitrogen and oxygen atoms in total. The summed E-state index contributed by atoms with van der Waals surface area (Å²) < 4.78 is 6.44. The topological polar surface area (TPSA) is 83.5 Å². The number of piperazine rings is 1. The third-order valence-corrected chi connectivity index (χ3v) is 7.47. The molecule has 41 heavy (non-hydrogen) atoms. The second kappa shape index (κ2) is 12.5. The number of rotatable bonds is 8. The number of ether oxygens (including phenoxy) is 1. The van der Waals surface area contributed by atoms with E-state index >= 15 is 0 Å². The van der Waals surface area contributed by atoms with E-state index in [0.717, 1.165) is 66.6 Å². The highest BCUT2D eigenvalue weighted by Crippen LogP contribution is 2.35. The van der Waals surface area contributed by atoms with Crippen molar-refractivity contribution in [3.63, 3.8) is 0 Å². The van der Waals surface area contributed by atoms with Gasteiger partial charge in [0.15, 0.2) is 0 Å². The minimum atomic E-state index is -0.197. The maximum atomic E-state index is 13.2. The number of carbonyl (C=O) groups is 1. The predicted octanol–water partition coefficient (Wildman–Crippen LogP) is 6.33. The lowest BCUT2D eigenvalue weighted by molar-refractivity contribution is 0.102. The van der Waals surface area contributed by atoms with E-state index in [9.17, 15) is 4.79 Å². The molecule has 3 heterocycles. The first kappa shape index (κ1) is 28.2. The molecule has 0 bridgehead atoms. The summed E-state index contributed by atoms with van der Waals surface area (Å²) >= 11 is 0. The van der Waals surface area contributed by atoms with Crippen LogP contribution in [0.1, 0.15) is 54.0 Å². The Labute approximate surface area is 242 Å². The van der Waals surface area contributed by atoms with Crippen molar-refractivity contribution in [2.75, 3.05) is 43.4 Å². The molecule has 1 aliphatic heterocycles. The summed E-state index contributed by atoms with van der Waals surface area (Å²) in [5.74, 6) is 1.94. The average molecular weight is 551 g/mol. The van der Waals surface area contributed by atoms with Crippen LogP contribution in [0.5, 0.6) is 11.6 Å². The minimum absolute atomic E-state index is 0.197. The van der Waals surface area contributed by atoms with Crippen molar-refractivity contribution in [1.82, 2.24) is 19.9 Å². The van der Waals surface area contributed by atoms with E-state index in [0.29, 0.717) is 23.1 Å². The van der Waals surface area contributed by atoms with Crippen LogP contribution < -0.4 is 15.0 Å². The SMILES string of the molecule is CCc1nccc(-c2cc(N3CCN(C)CC3)cnc2Oc2cc(C(=O)Nc3cccc(C(C)C)c3)ccc2C)n1. The van der Waals surface area contributed by atoms with E-state index in [2.05, 4.69) is 53.1 Å². The Hall–Kier alpha value is -4.30. The van der Waals surface area contributed by atoms with Gasteiger partial charge in [0.25, 0.3) is 5.91 Å². The number of amides is 1. The van der Waals surface area contributed by atoms with Gasteiger partial charge in [-0.3, -0.25) is 4.79 Å². The second-order valence-electron chi connectivity index (χ2n) is 10.9. The van der Waals surface area contributed by atoms with Gasteiger partial charge in [0.1, 0.15) is 11.6 Å². The first-order valence-electron chi connectivity index (χ1n) is 14.3. The Morgan fingerprint density at radius 2 is 1.83 bits per heavy atom.